The number of nitrogens with two attached hydrogens (primary N) is 1. The third-order valence-electron chi connectivity index (χ3n) is 6.15. The van der Waals surface area contributed by atoms with E-state index in [0.717, 1.165) is 16.5 Å². The van der Waals surface area contributed by atoms with Crippen molar-refractivity contribution in [1.29, 1.82) is 0 Å². The van der Waals surface area contributed by atoms with Gasteiger partial charge in [-0.3, -0.25) is 9.48 Å². The first-order valence-corrected chi connectivity index (χ1v) is 11.7. The molecule has 35 heavy (non-hydrogen) atoms. The number of likely N-dealkylation sites (tertiary alicyclic amines) is 1. The van der Waals surface area contributed by atoms with Crippen molar-refractivity contribution in [3.8, 4) is 11.4 Å². The molecule has 2 amide bonds. The molecule has 0 saturated carbocycles. The summed E-state index contributed by atoms with van der Waals surface area (Å²) in [5, 5.41) is 6.15. The first-order valence-electron chi connectivity index (χ1n) is 11.7. The van der Waals surface area contributed by atoms with Gasteiger partial charge in [0, 0.05) is 35.6 Å². The Morgan fingerprint density at radius 3 is 2.43 bits per heavy atom. The number of benzene rings is 2. The molecule has 0 atom stereocenters. The van der Waals surface area contributed by atoms with Gasteiger partial charge in [0.25, 0.3) is 5.91 Å². The summed E-state index contributed by atoms with van der Waals surface area (Å²) in [6.45, 7) is 6.63. The molecule has 2 aromatic heterocycles. The van der Waals surface area contributed by atoms with E-state index in [2.05, 4.69) is 10.1 Å². The van der Waals surface area contributed by atoms with Crippen molar-refractivity contribution in [1.82, 2.24) is 24.6 Å². The van der Waals surface area contributed by atoms with E-state index in [1.54, 1.807) is 11.1 Å². The molecule has 1 aliphatic heterocycles. The van der Waals surface area contributed by atoms with Gasteiger partial charge < -0.3 is 15.4 Å². The van der Waals surface area contributed by atoms with E-state index in [-0.39, 0.29) is 17.8 Å². The molecule has 0 radical (unpaired) electrons. The molecule has 0 aliphatic carbocycles. The van der Waals surface area contributed by atoms with Crippen LogP contribution in [-0.2, 0) is 4.74 Å². The zero-order valence-corrected chi connectivity index (χ0v) is 20.1. The predicted molar refractivity (Wildman–Crippen MR) is 133 cm³/mol. The van der Waals surface area contributed by atoms with Gasteiger partial charge in [0.15, 0.2) is 11.5 Å². The van der Waals surface area contributed by atoms with Crippen LogP contribution < -0.4 is 5.73 Å². The molecule has 5 rings (SSSR count). The maximum atomic E-state index is 12.5. The summed E-state index contributed by atoms with van der Waals surface area (Å²) in [5.41, 5.74) is 7.74. The topological polar surface area (TPSA) is 116 Å². The van der Waals surface area contributed by atoms with Crippen LogP contribution in [0, 0.1) is 0 Å². The highest BCUT2D eigenvalue weighted by Crippen LogP contribution is 2.33. The monoisotopic (exact) mass is 472 g/mol. The van der Waals surface area contributed by atoms with Gasteiger partial charge in [-0.1, -0.05) is 36.4 Å². The zero-order valence-electron chi connectivity index (χ0n) is 20.1. The first kappa shape index (κ1) is 22.8. The van der Waals surface area contributed by atoms with Crippen molar-refractivity contribution in [3.63, 3.8) is 0 Å². The lowest BCUT2D eigenvalue weighted by molar-refractivity contribution is 0.0186. The Kier molecular flexibility index (Phi) is 5.62. The van der Waals surface area contributed by atoms with Crippen LogP contribution in [0.15, 0.2) is 48.7 Å². The predicted octanol–water partition coefficient (Wildman–Crippen LogP) is 4.32. The quantitative estimate of drug-likeness (QED) is 0.475. The molecule has 4 aromatic rings. The van der Waals surface area contributed by atoms with Crippen molar-refractivity contribution in [2.45, 2.75) is 45.3 Å². The summed E-state index contributed by atoms with van der Waals surface area (Å²) >= 11 is 0. The molecule has 1 saturated heterocycles. The van der Waals surface area contributed by atoms with Crippen LogP contribution >= 0.6 is 0 Å². The minimum absolute atomic E-state index is 0.0231. The molecule has 0 bridgehead atoms. The molecule has 2 N–H and O–H groups in total. The minimum Gasteiger partial charge on any atom is -0.444 e. The molecule has 3 heterocycles. The number of nitrogens with zero attached hydrogens (tertiary/aromatic N) is 5. The fraction of sp³-hybridized carbons (Fsp3) is 0.346. The molecule has 9 heteroatoms. The molecule has 180 valence electrons. The number of ether oxygens (including phenoxy) is 1. The lowest BCUT2D eigenvalue weighted by atomic mass is 10.0. The van der Waals surface area contributed by atoms with Crippen LogP contribution in [0.2, 0.25) is 0 Å². The van der Waals surface area contributed by atoms with Gasteiger partial charge in [0.2, 0.25) is 0 Å². The van der Waals surface area contributed by atoms with Crippen molar-refractivity contribution in [3.05, 3.63) is 54.4 Å². The SMILES string of the molecule is CC(C)(C)OC(=O)N1CCC(n2nc(C(N)=O)c3ccc4cnc(-c5ccccc5)nc4c32)CC1. The summed E-state index contributed by atoms with van der Waals surface area (Å²) < 4.78 is 7.39. The summed E-state index contributed by atoms with van der Waals surface area (Å²) in [6.07, 6.45) is 2.81. The highest BCUT2D eigenvalue weighted by Gasteiger charge is 2.30. The maximum Gasteiger partial charge on any atom is 0.410 e. The fourth-order valence-electron chi connectivity index (χ4n) is 4.51. The lowest BCUT2D eigenvalue weighted by Gasteiger charge is -2.33. The highest BCUT2D eigenvalue weighted by molar-refractivity contribution is 6.11. The van der Waals surface area contributed by atoms with Crippen LogP contribution in [-0.4, -0.2) is 55.3 Å². The second kappa shape index (κ2) is 8.65. The third-order valence-corrected chi connectivity index (χ3v) is 6.15. The number of fused-ring (bicyclic) bond motifs is 3. The van der Waals surface area contributed by atoms with Gasteiger partial charge in [-0.15, -0.1) is 0 Å². The van der Waals surface area contributed by atoms with Crippen LogP contribution in [0.25, 0.3) is 33.2 Å². The fourth-order valence-corrected chi connectivity index (χ4v) is 4.51. The van der Waals surface area contributed by atoms with Gasteiger partial charge in [-0.2, -0.15) is 5.10 Å². The van der Waals surface area contributed by atoms with Crippen molar-refractivity contribution >= 4 is 33.8 Å². The van der Waals surface area contributed by atoms with Gasteiger partial charge >= 0.3 is 6.09 Å². The van der Waals surface area contributed by atoms with E-state index in [0.29, 0.717) is 42.7 Å². The number of carbonyl (C=O) groups excluding carboxylic acids is 2. The Bertz CT molecular complexity index is 1420. The van der Waals surface area contributed by atoms with Crippen LogP contribution in [0.1, 0.15) is 50.1 Å². The van der Waals surface area contributed by atoms with Gasteiger partial charge in [-0.05, 0) is 39.7 Å². The first-order chi connectivity index (χ1) is 16.7. The third kappa shape index (κ3) is 4.41. The molecular formula is C26H28N6O3. The normalized spacial score (nSPS) is 15.0. The molecular weight excluding hydrogens is 444 g/mol. The molecule has 0 spiro atoms. The Balaban J connectivity index is 1.56. The largest absolute Gasteiger partial charge is 0.444 e. The summed E-state index contributed by atoms with van der Waals surface area (Å²) in [5.74, 6) is 0.00958. The second-order valence-electron chi connectivity index (χ2n) is 9.82. The number of aromatic nitrogens is 4. The van der Waals surface area contributed by atoms with Crippen LogP contribution in [0.4, 0.5) is 4.79 Å². The van der Waals surface area contributed by atoms with E-state index in [9.17, 15) is 9.59 Å². The summed E-state index contributed by atoms with van der Waals surface area (Å²) in [4.78, 5) is 35.9. The molecule has 2 aromatic carbocycles. The van der Waals surface area contributed by atoms with E-state index < -0.39 is 11.5 Å². The van der Waals surface area contributed by atoms with Crippen LogP contribution in [0.5, 0.6) is 0 Å². The van der Waals surface area contributed by atoms with Crippen molar-refractivity contribution < 1.29 is 14.3 Å². The average molecular weight is 473 g/mol. The Labute approximate surface area is 202 Å². The van der Waals surface area contributed by atoms with E-state index in [1.807, 2.05) is 67.9 Å². The Hall–Kier alpha value is -4.01. The maximum absolute atomic E-state index is 12.5. The Morgan fingerprint density at radius 2 is 1.77 bits per heavy atom. The molecule has 0 unspecified atom stereocenters. The van der Waals surface area contributed by atoms with E-state index in [1.165, 1.54) is 0 Å². The van der Waals surface area contributed by atoms with E-state index in [4.69, 9.17) is 15.5 Å². The Morgan fingerprint density at radius 1 is 1.06 bits per heavy atom. The number of carbonyl (C=O) groups is 2. The molecule has 1 fully saturated rings. The molecule has 9 nitrogen and oxygen atoms in total. The van der Waals surface area contributed by atoms with Gasteiger partial charge in [-0.25, -0.2) is 14.8 Å². The van der Waals surface area contributed by atoms with Crippen molar-refractivity contribution in [2.24, 2.45) is 5.73 Å². The number of hydrogen-bond donors (Lipinski definition) is 1. The number of primary amides is 1. The lowest BCUT2D eigenvalue weighted by Crippen LogP contribution is -2.42. The minimum atomic E-state index is -0.586. The zero-order chi connectivity index (χ0) is 24.7. The number of rotatable bonds is 3. The van der Waals surface area contributed by atoms with Gasteiger partial charge in [0.1, 0.15) is 11.1 Å². The van der Waals surface area contributed by atoms with E-state index >= 15 is 0 Å². The summed E-state index contributed by atoms with van der Waals surface area (Å²) in [6, 6.07) is 13.5. The summed E-state index contributed by atoms with van der Waals surface area (Å²) in [7, 11) is 0. The smallest absolute Gasteiger partial charge is 0.410 e. The molecule has 1 aliphatic rings. The highest BCUT2D eigenvalue weighted by atomic mass is 16.6. The van der Waals surface area contributed by atoms with Crippen molar-refractivity contribution in [2.75, 3.05) is 13.1 Å². The number of amides is 2. The average Bonchev–Trinajstić information content (AvgIpc) is 3.24. The van der Waals surface area contributed by atoms with Gasteiger partial charge in [0.05, 0.1) is 11.6 Å². The van der Waals surface area contributed by atoms with Crippen LogP contribution in [0.3, 0.4) is 0 Å². The standard InChI is InChI=1S/C26H28N6O3/c1-26(2,3)35-25(34)31-13-11-18(12-14-31)32-22-19(21(30-32)23(27)33)10-9-17-15-28-24(29-20(17)22)16-7-5-4-6-8-16/h4-10,15,18H,11-14H2,1-3H3,(H2,27,33). The second-order valence-corrected chi connectivity index (χ2v) is 9.82. The number of hydrogen-bond acceptors (Lipinski definition) is 6. The number of piperidine rings is 1.